The van der Waals surface area contributed by atoms with Crippen LogP contribution in [0.3, 0.4) is 0 Å². The quantitative estimate of drug-likeness (QED) is 0.179. The van der Waals surface area contributed by atoms with E-state index in [-0.39, 0.29) is 12.6 Å². The normalized spacial score (nSPS) is 21.5. The van der Waals surface area contributed by atoms with Crippen molar-refractivity contribution >= 4 is 12.6 Å². The summed E-state index contributed by atoms with van der Waals surface area (Å²) in [5.41, 5.74) is 0. The maximum absolute atomic E-state index is 9.90. The van der Waals surface area contributed by atoms with Crippen LogP contribution in [0.5, 0.6) is 0 Å². The second kappa shape index (κ2) is 12.4. The molecule has 0 aromatic rings. The molecule has 0 spiro atoms. The number of hydrogen-bond donors (Lipinski definition) is 9. The lowest BCUT2D eigenvalue weighted by Gasteiger charge is -2.22. The van der Waals surface area contributed by atoms with E-state index < -0.39 is 55.4 Å². The maximum Gasteiger partial charge on any atom is 0.151 e. The summed E-state index contributed by atoms with van der Waals surface area (Å²) in [6.07, 6.45) is -12.7. The molecule has 11 heteroatoms. The van der Waals surface area contributed by atoms with E-state index in [1.54, 1.807) is 0 Å². The minimum atomic E-state index is -1.79. The van der Waals surface area contributed by atoms with Crippen molar-refractivity contribution in [3.8, 4) is 0 Å². The molecule has 23 heavy (non-hydrogen) atoms. The molecule has 138 valence electrons. The molecule has 0 aromatic carbocycles. The first-order valence-corrected chi connectivity index (χ1v) is 6.51. The van der Waals surface area contributed by atoms with Crippen LogP contribution in [0.1, 0.15) is 6.92 Å². The van der Waals surface area contributed by atoms with Crippen LogP contribution in [0.15, 0.2) is 0 Å². The Labute approximate surface area is 131 Å². The molecule has 11 nitrogen and oxygen atoms in total. The molecule has 0 rings (SSSR count). The average molecular weight is 344 g/mol. The minimum absolute atomic E-state index is 0.0258. The fourth-order valence-electron chi connectivity index (χ4n) is 1.19. The minimum Gasteiger partial charge on any atom is -0.394 e. The van der Waals surface area contributed by atoms with Crippen LogP contribution >= 0.6 is 0 Å². The Morgan fingerprint density at radius 1 is 0.696 bits per heavy atom. The van der Waals surface area contributed by atoms with Crippen LogP contribution < -0.4 is 0 Å². The lowest BCUT2D eigenvalue weighted by atomic mass is 10.0. The summed E-state index contributed by atoms with van der Waals surface area (Å²) in [7, 11) is 0. The Balaban J connectivity index is 0. The second-order valence-corrected chi connectivity index (χ2v) is 4.71. The van der Waals surface area contributed by atoms with E-state index in [1.807, 2.05) is 0 Å². The van der Waals surface area contributed by atoms with E-state index in [1.165, 1.54) is 6.92 Å². The molecule has 0 heterocycles. The largest absolute Gasteiger partial charge is 0.394 e. The molecule has 0 aliphatic rings. The van der Waals surface area contributed by atoms with Crippen molar-refractivity contribution in [2.75, 3.05) is 6.61 Å². The molecular weight excluding hydrogens is 320 g/mol. The summed E-state index contributed by atoms with van der Waals surface area (Å²) in [4.78, 5) is 19.8. The Kier molecular flexibility index (Phi) is 13.1. The molecule has 8 atom stereocenters. The number of aliphatic hydroxyl groups excluding tert-OH is 9. The number of hydrogen-bond acceptors (Lipinski definition) is 11. The van der Waals surface area contributed by atoms with Crippen molar-refractivity contribution in [2.45, 2.75) is 55.8 Å². The van der Waals surface area contributed by atoms with Gasteiger partial charge in [-0.25, -0.2) is 0 Å². The average Bonchev–Trinajstić information content (AvgIpc) is 2.56. The molecule has 0 amide bonds. The van der Waals surface area contributed by atoms with Crippen LogP contribution in [0.25, 0.3) is 0 Å². The molecule has 9 N–H and O–H groups in total. The molecule has 0 aliphatic heterocycles. The predicted octanol–water partition coefficient (Wildman–Crippen LogP) is -5.73. The van der Waals surface area contributed by atoms with Gasteiger partial charge in [-0.2, -0.15) is 0 Å². The summed E-state index contributed by atoms with van der Waals surface area (Å²) in [6, 6.07) is 0. The van der Waals surface area contributed by atoms with Gasteiger partial charge in [0.25, 0.3) is 0 Å². The van der Waals surface area contributed by atoms with Crippen LogP contribution in [0.2, 0.25) is 0 Å². The van der Waals surface area contributed by atoms with Gasteiger partial charge in [-0.1, -0.05) is 0 Å². The first-order chi connectivity index (χ1) is 10.5. The number of rotatable bonds is 9. The van der Waals surface area contributed by atoms with Gasteiger partial charge in [0, 0.05) is 0 Å². The number of carbonyl (C=O) groups is 2. The molecule has 0 fully saturated rings. The lowest BCUT2D eigenvalue weighted by molar-refractivity contribution is -0.136. The summed E-state index contributed by atoms with van der Waals surface area (Å²) in [5, 5.41) is 78.6. The van der Waals surface area contributed by atoms with Crippen molar-refractivity contribution in [3.63, 3.8) is 0 Å². The SMILES string of the molecule is CC(O)C(O)C(O)C(O)C=O.O=CC(O)C(O)C(O)C(O)CO. The van der Waals surface area contributed by atoms with Gasteiger partial charge in [0.2, 0.25) is 0 Å². The van der Waals surface area contributed by atoms with Crippen LogP contribution in [0, 0.1) is 0 Å². The highest BCUT2D eigenvalue weighted by Crippen LogP contribution is 2.03. The number of carbonyl (C=O) groups excluding carboxylic acids is 2. The van der Waals surface area contributed by atoms with Gasteiger partial charge in [0.15, 0.2) is 12.6 Å². The highest BCUT2D eigenvalue weighted by Gasteiger charge is 2.29. The van der Waals surface area contributed by atoms with Crippen LogP contribution in [0.4, 0.5) is 0 Å². The van der Waals surface area contributed by atoms with E-state index in [2.05, 4.69) is 0 Å². The van der Waals surface area contributed by atoms with E-state index in [0.717, 1.165) is 0 Å². The highest BCUT2D eigenvalue weighted by atomic mass is 16.4. The van der Waals surface area contributed by atoms with Crippen molar-refractivity contribution in [3.05, 3.63) is 0 Å². The molecule has 0 radical (unpaired) electrons. The number of aldehydes is 2. The summed E-state index contributed by atoms with van der Waals surface area (Å²) >= 11 is 0. The van der Waals surface area contributed by atoms with Gasteiger partial charge in [-0.05, 0) is 6.92 Å². The van der Waals surface area contributed by atoms with Crippen LogP contribution in [-0.4, -0.2) is 114 Å². The fraction of sp³-hybridized carbons (Fsp3) is 0.833. The lowest BCUT2D eigenvalue weighted by Crippen LogP contribution is -2.46. The van der Waals surface area contributed by atoms with Gasteiger partial charge in [0.1, 0.15) is 42.7 Å². The van der Waals surface area contributed by atoms with Crippen molar-refractivity contribution in [2.24, 2.45) is 0 Å². The molecule has 8 unspecified atom stereocenters. The summed E-state index contributed by atoms with van der Waals surface area (Å²) in [5.74, 6) is 0. The second-order valence-electron chi connectivity index (χ2n) is 4.71. The summed E-state index contributed by atoms with van der Waals surface area (Å²) < 4.78 is 0. The predicted molar refractivity (Wildman–Crippen MR) is 72.9 cm³/mol. The standard InChI is InChI=1S/C6H12O6.C6H12O5/c7-1-3(9)5(11)6(12)4(10)2-8;1-3(8)5(10)6(11)4(9)2-7/h1,3-6,8-12H,2H2;2-6,8-11H,1H3. The van der Waals surface area contributed by atoms with E-state index >= 15 is 0 Å². The zero-order chi connectivity index (χ0) is 18.7. The highest BCUT2D eigenvalue weighted by molar-refractivity contribution is 5.57. The van der Waals surface area contributed by atoms with Crippen molar-refractivity contribution < 1.29 is 55.5 Å². The molecule has 0 saturated heterocycles. The first-order valence-electron chi connectivity index (χ1n) is 6.51. The van der Waals surface area contributed by atoms with Gasteiger partial charge in [-0.15, -0.1) is 0 Å². The molecular formula is C12H24O11. The molecule has 0 aromatic heterocycles. The van der Waals surface area contributed by atoms with Crippen molar-refractivity contribution in [1.82, 2.24) is 0 Å². The van der Waals surface area contributed by atoms with Gasteiger partial charge >= 0.3 is 0 Å². The third-order valence-electron chi connectivity index (χ3n) is 2.75. The Morgan fingerprint density at radius 2 is 1.04 bits per heavy atom. The zero-order valence-corrected chi connectivity index (χ0v) is 12.3. The topological polar surface area (TPSA) is 216 Å². The monoisotopic (exact) mass is 344 g/mol. The summed E-state index contributed by atoms with van der Waals surface area (Å²) in [6.45, 7) is 0.481. The van der Waals surface area contributed by atoms with Crippen molar-refractivity contribution in [1.29, 1.82) is 0 Å². The van der Waals surface area contributed by atoms with E-state index in [4.69, 9.17) is 46.0 Å². The first kappa shape index (κ1) is 24.2. The molecule has 0 saturated carbocycles. The Morgan fingerprint density at radius 3 is 1.30 bits per heavy atom. The van der Waals surface area contributed by atoms with E-state index in [0.29, 0.717) is 0 Å². The Hall–Kier alpha value is -1.02. The third kappa shape index (κ3) is 9.00. The van der Waals surface area contributed by atoms with Gasteiger partial charge in [-0.3, -0.25) is 0 Å². The van der Waals surface area contributed by atoms with E-state index in [9.17, 15) is 9.59 Å². The van der Waals surface area contributed by atoms with Crippen LogP contribution in [-0.2, 0) is 9.59 Å². The smallest absolute Gasteiger partial charge is 0.151 e. The van der Waals surface area contributed by atoms with Gasteiger partial charge in [0.05, 0.1) is 12.7 Å². The molecule has 0 aliphatic carbocycles. The van der Waals surface area contributed by atoms with Gasteiger partial charge < -0.3 is 55.5 Å². The third-order valence-corrected chi connectivity index (χ3v) is 2.75. The number of aliphatic hydroxyl groups is 9. The zero-order valence-electron chi connectivity index (χ0n) is 12.3. The molecule has 0 bridgehead atoms. The fourth-order valence-corrected chi connectivity index (χ4v) is 1.19. The Bertz CT molecular complexity index is 324. The maximum atomic E-state index is 9.90.